The zero-order chi connectivity index (χ0) is 17.6. The van der Waals surface area contributed by atoms with Crippen LogP contribution in [0.4, 0.5) is 5.69 Å². The molecule has 0 spiro atoms. The van der Waals surface area contributed by atoms with Gasteiger partial charge in [-0.2, -0.15) is 4.98 Å². The maximum absolute atomic E-state index is 12.7. The summed E-state index contributed by atoms with van der Waals surface area (Å²) in [5.74, 6) is 0.0417. The standard InChI is InChI=1S/C19H19N3O3/c1-3-24-18-16(12-20-19(22-18)25-4-2)21-17(23)15-11-7-9-13-8-5-6-10-14(13)15/h5-12H,3-4H2,1-2H3,(H,21,23). The number of amides is 1. The van der Waals surface area contributed by atoms with Gasteiger partial charge in [-0.05, 0) is 30.7 Å². The first-order valence-corrected chi connectivity index (χ1v) is 8.14. The van der Waals surface area contributed by atoms with Gasteiger partial charge in [0, 0.05) is 5.56 Å². The largest absolute Gasteiger partial charge is 0.476 e. The third-order valence-electron chi connectivity index (χ3n) is 3.57. The minimum Gasteiger partial charge on any atom is -0.476 e. The molecule has 6 nitrogen and oxygen atoms in total. The van der Waals surface area contributed by atoms with Gasteiger partial charge in [-0.15, -0.1) is 0 Å². The highest BCUT2D eigenvalue weighted by Gasteiger charge is 2.15. The molecule has 0 radical (unpaired) electrons. The van der Waals surface area contributed by atoms with E-state index in [0.717, 1.165) is 10.8 Å². The summed E-state index contributed by atoms with van der Waals surface area (Å²) < 4.78 is 10.8. The number of ether oxygens (including phenoxy) is 2. The molecule has 1 aromatic heterocycles. The van der Waals surface area contributed by atoms with Gasteiger partial charge >= 0.3 is 6.01 Å². The highest BCUT2D eigenvalue weighted by Crippen LogP contribution is 2.25. The maximum Gasteiger partial charge on any atom is 0.319 e. The second kappa shape index (κ2) is 7.61. The molecule has 1 N–H and O–H groups in total. The van der Waals surface area contributed by atoms with Crippen molar-refractivity contribution < 1.29 is 14.3 Å². The lowest BCUT2D eigenvalue weighted by atomic mass is 10.0. The van der Waals surface area contributed by atoms with Crippen LogP contribution in [0.5, 0.6) is 11.9 Å². The van der Waals surface area contributed by atoms with Crippen molar-refractivity contribution in [2.75, 3.05) is 18.5 Å². The number of benzene rings is 2. The lowest BCUT2D eigenvalue weighted by Gasteiger charge is -2.12. The first kappa shape index (κ1) is 16.7. The molecule has 0 aliphatic heterocycles. The molecule has 1 amide bonds. The van der Waals surface area contributed by atoms with Gasteiger partial charge in [0.15, 0.2) is 0 Å². The Bertz CT molecular complexity index is 891. The molecular weight excluding hydrogens is 318 g/mol. The number of hydrogen-bond donors (Lipinski definition) is 1. The van der Waals surface area contributed by atoms with E-state index in [0.29, 0.717) is 24.5 Å². The van der Waals surface area contributed by atoms with Crippen molar-refractivity contribution >= 4 is 22.4 Å². The van der Waals surface area contributed by atoms with Crippen molar-refractivity contribution in [3.8, 4) is 11.9 Å². The normalized spacial score (nSPS) is 10.5. The van der Waals surface area contributed by atoms with E-state index in [4.69, 9.17) is 9.47 Å². The number of rotatable bonds is 6. The Morgan fingerprint density at radius 2 is 1.80 bits per heavy atom. The summed E-state index contributed by atoms with van der Waals surface area (Å²) in [7, 11) is 0. The number of fused-ring (bicyclic) bond motifs is 1. The number of carbonyl (C=O) groups excluding carboxylic acids is 1. The molecule has 0 unspecified atom stereocenters. The first-order valence-electron chi connectivity index (χ1n) is 8.14. The fourth-order valence-corrected chi connectivity index (χ4v) is 2.50. The van der Waals surface area contributed by atoms with Crippen LogP contribution in [0.2, 0.25) is 0 Å². The molecule has 0 saturated heterocycles. The van der Waals surface area contributed by atoms with Crippen LogP contribution in [0.25, 0.3) is 10.8 Å². The Morgan fingerprint density at radius 1 is 1.04 bits per heavy atom. The van der Waals surface area contributed by atoms with Gasteiger partial charge in [-0.25, -0.2) is 4.98 Å². The van der Waals surface area contributed by atoms with Crippen molar-refractivity contribution in [2.24, 2.45) is 0 Å². The summed E-state index contributed by atoms with van der Waals surface area (Å²) in [4.78, 5) is 21.0. The molecule has 0 aliphatic rings. The van der Waals surface area contributed by atoms with E-state index in [1.54, 1.807) is 6.07 Å². The number of carbonyl (C=O) groups is 1. The Morgan fingerprint density at radius 3 is 2.60 bits per heavy atom. The summed E-state index contributed by atoms with van der Waals surface area (Å²) >= 11 is 0. The molecule has 1 heterocycles. The lowest BCUT2D eigenvalue weighted by Crippen LogP contribution is -2.14. The lowest BCUT2D eigenvalue weighted by molar-refractivity contribution is 0.102. The molecule has 2 aromatic carbocycles. The van der Waals surface area contributed by atoms with Crippen LogP contribution in [0, 0.1) is 0 Å². The van der Waals surface area contributed by atoms with Crippen LogP contribution in [-0.4, -0.2) is 29.1 Å². The quantitative estimate of drug-likeness (QED) is 0.743. The Hall–Kier alpha value is -3.15. The molecule has 3 rings (SSSR count). The van der Waals surface area contributed by atoms with E-state index < -0.39 is 0 Å². The van der Waals surface area contributed by atoms with E-state index in [1.165, 1.54) is 6.20 Å². The molecule has 3 aromatic rings. The molecule has 0 fully saturated rings. The molecule has 0 bridgehead atoms. The minimum atomic E-state index is -0.245. The number of nitrogens with one attached hydrogen (secondary N) is 1. The van der Waals surface area contributed by atoms with Gasteiger partial charge in [0.25, 0.3) is 5.91 Å². The summed E-state index contributed by atoms with van der Waals surface area (Å²) in [6.07, 6.45) is 1.49. The topological polar surface area (TPSA) is 73.3 Å². The van der Waals surface area contributed by atoms with Gasteiger partial charge in [0.2, 0.25) is 5.88 Å². The summed E-state index contributed by atoms with van der Waals surface area (Å²) in [5.41, 5.74) is 0.984. The van der Waals surface area contributed by atoms with Crippen LogP contribution < -0.4 is 14.8 Å². The van der Waals surface area contributed by atoms with E-state index in [-0.39, 0.29) is 17.8 Å². The summed E-state index contributed by atoms with van der Waals surface area (Å²) in [6, 6.07) is 13.6. The van der Waals surface area contributed by atoms with Crippen molar-refractivity contribution in [3.63, 3.8) is 0 Å². The van der Waals surface area contributed by atoms with Crippen LogP contribution in [0.1, 0.15) is 24.2 Å². The van der Waals surface area contributed by atoms with Crippen LogP contribution >= 0.6 is 0 Å². The predicted molar refractivity (Wildman–Crippen MR) is 96.3 cm³/mol. The Balaban J connectivity index is 1.92. The molecule has 128 valence electrons. The SMILES string of the molecule is CCOc1ncc(NC(=O)c2cccc3ccccc23)c(OCC)n1. The third-order valence-corrected chi connectivity index (χ3v) is 3.57. The Labute approximate surface area is 145 Å². The minimum absolute atomic E-state index is 0.217. The third kappa shape index (κ3) is 3.68. The van der Waals surface area contributed by atoms with Gasteiger partial charge < -0.3 is 14.8 Å². The number of anilines is 1. The van der Waals surface area contributed by atoms with E-state index >= 15 is 0 Å². The zero-order valence-corrected chi connectivity index (χ0v) is 14.2. The maximum atomic E-state index is 12.7. The average molecular weight is 337 g/mol. The summed E-state index contributed by atoms with van der Waals surface area (Å²) in [6.45, 7) is 4.56. The Kier molecular flexibility index (Phi) is 5.09. The number of hydrogen-bond acceptors (Lipinski definition) is 5. The molecule has 0 atom stereocenters. The second-order valence-corrected chi connectivity index (χ2v) is 5.22. The van der Waals surface area contributed by atoms with E-state index in [9.17, 15) is 4.79 Å². The molecule has 0 saturated carbocycles. The molecule has 6 heteroatoms. The van der Waals surface area contributed by atoms with Gasteiger partial charge in [-0.3, -0.25) is 4.79 Å². The molecular formula is C19H19N3O3. The van der Waals surface area contributed by atoms with Crippen molar-refractivity contribution in [1.29, 1.82) is 0 Å². The second-order valence-electron chi connectivity index (χ2n) is 5.22. The average Bonchev–Trinajstić information content (AvgIpc) is 2.64. The van der Waals surface area contributed by atoms with Crippen molar-refractivity contribution in [3.05, 3.63) is 54.2 Å². The first-order chi connectivity index (χ1) is 12.2. The van der Waals surface area contributed by atoms with E-state index in [2.05, 4.69) is 15.3 Å². The highest BCUT2D eigenvalue weighted by atomic mass is 16.5. The monoisotopic (exact) mass is 337 g/mol. The zero-order valence-electron chi connectivity index (χ0n) is 14.2. The highest BCUT2D eigenvalue weighted by molar-refractivity contribution is 6.13. The van der Waals surface area contributed by atoms with Gasteiger partial charge in [0.1, 0.15) is 5.69 Å². The van der Waals surface area contributed by atoms with Crippen molar-refractivity contribution in [2.45, 2.75) is 13.8 Å². The fourth-order valence-electron chi connectivity index (χ4n) is 2.50. The van der Waals surface area contributed by atoms with Gasteiger partial charge in [0.05, 0.1) is 19.4 Å². The molecule has 0 aliphatic carbocycles. The fraction of sp³-hybridized carbons (Fsp3) is 0.211. The summed E-state index contributed by atoms with van der Waals surface area (Å²) in [5, 5.41) is 4.71. The number of nitrogens with zero attached hydrogens (tertiary/aromatic N) is 2. The van der Waals surface area contributed by atoms with Crippen LogP contribution in [0.3, 0.4) is 0 Å². The van der Waals surface area contributed by atoms with Gasteiger partial charge in [-0.1, -0.05) is 36.4 Å². The van der Waals surface area contributed by atoms with Crippen LogP contribution in [-0.2, 0) is 0 Å². The van der Waals surface area contributed by atoms with E-state index in [1.807, 2.05) is 50.2 Å². The van der Waals surface area contributed by atoms with Crippen molar-refractivity contribution in [1.82, 2.24) is 9.97 Å². The molecule has 25 heavy (non-hydrogen) atoms. The smallest absolute Gasteiger partial charge is 0.319 e. The predicted octanol–water partition coefficient (Wildman–Crippen LogP) is 3.68. The number of aromatic nitrogens is 2. The van der Waals surface area contributed by atoms with Crippen LogP contribution in [0.15, 0.2) is 48.7 Å².